The van der Waals surface area contributed by atoms with E-state index >= 15 is 0 Å². The van der Waals surface area contributed by atoms with Gasteiger partial charge in [-0.3, -0.25) is 4.68 Å². The molecule has 2 aromatic rings. The van der Waals surface area contributed by atoms with Crippen molar-refractivity contribution in [3.8, 4) is 0 Å². The number of aryl methyl sites for hydroxylation is 1. The van der Waals surface area contributed by atoms with Crippen molar-refractivity contribution in [1.82, 2.24) is 9.78 Å². The molecule has 0 atom stereocenters. The molecular formula is C14H18N2. The lowest BCUT2D eigenvalue weighted by molar-refractivity contribution is 0.657. The Morgan fingerprint density at radius 3 is 2.69 bits per heavy atom. The van der Waals surface area contributed by atoms with Crippen LogP contribution in [0.25, 0.3) is 10.9 Å². The highest BCUT2D eigenvalue weighted by atomic mass is 15.3. The summed E-state index contributed by atoms with van der Waals surface area (Å²) >= 11 is 0. The van der Waals surface area contributed by atoms with Crippen LogP contribution in [0.2, 0.25) is 0 Å². The van der Waals surface area contributed by atoms with Gasteiger partial charge in [0.15, 0.2) is 0 Å². The average molecular weight is 214 g/mol. The minimum absolute atomic E-state index is 0.590. The number of hydrogen-bond acceptors (Lipinski definition) is 1. The fourth-order valence-corrected chi connectivity index (χ4v) is 2.27. The largest absolute Gasteiger partial charge is 0.262 e. The molecule has 2 nitrogen and oxygen atoms in total. The van der Waals surface area contributed by atoms with E-state index in [0.29, 0.717) is 12.0 Å². The van der Waals surface area contributed by atoms with E-state index in [-0.39, 0.29) is 0 Å². The smallest absolute Gasteiger partial charge is 0.0691 e. The van der Waals surface area contributed by atoms with Crippen LogP contribution in [0.4, 0.5) is 0 Å². The maximum atomic E-state index is 4.67. The van der Waals surface area contributed by atoms with Gasteiger partial charge in [0.1, 0.15) is 0 Å². The van der Waals surface area contributed by atoms with Gasteiger partial charge in [-0.2, -0.15) is 5.10 Å². The normalized spacial score (nSPS) is 16.2. The highest BCUT2D eigenvalue weighted by Crippen LogP contribution is 2.38. The summed E-state index contributed by atoms with van der Waals surface area (Å²) in [5.41, 5.74) is 3.90. The fourth-order valence-electron chi connectivity index (χ4n) is 2.27. The highest BCUT2D eigenvalue weighted by Gasteiger charge is 2.26. The van der Waals surface area contributed by atoms with Gasteiger partial charge in [-0.15, -0.1) is 0 Å². The van der Waals surface area contributed by atoms with Crippen LogP contribution >= 0.6 is 0 Å². The van der Waals surface area contributed by atoms with E-state index in [1.165, 1.54) is 29.3 Å². The first-order chi connectivity index (χ1) is 7.66. The molecule has 0 radical (unpaired) electrons. The second kappa shape index (κ2) is 3.34. The number of benzene rings is 1. The topological polar surface area (TPSA) is 17.8 Å². The van der Waals surface area contributed by atoms with Crippen molar-refractivity contribution in [3.63, 3.8) is 0 Å². The van der Waals surface area contributed by atoms with Crippen LogP contribution in [0.5, 0.6) is 0 Å². The van der Waals surface area contributed by atoms with E-state index in [1.54, 1.807) is 0 Å². The molecule has 0 saturated heterocycles. The van der Waals surface area contributed by atoms with Crippen LogP contribution in [0.15, 0.2) is 18.2 Å². The van der Waals surface area contributed by atoms with E-state index in [0.717, 1.165) is 5.69 Å². The quantitative estimate of drug-likeness (QED) is 0.743. The molecule has 1 aromatic carbocycles. The van der Waals surface area contributed by atoms with E-state index in [4.69, 9.17) is 0 Å². The average Bonchev–Trinajstić information content (AvgIpc) is 3.04. The first-order valence-electron chi connectivity index (χ1n) is 6.15. The predicted octanol–water partition coefficient (Wildman–Crippen LogP) is 3.80. The van der Waals surface area contributed by atoms with Crippen molar-refractivity contribution in [1.29, 1.82) is 0 Å². The van der Waals surface area contributed by atoms with E-state index in [9.17, 15) is 0 Å². The molecule has 1 aliphatic rings. The zero-order valence-corrected chi connectivity index (χ0v) is 10.2. The van der Waals surface area contributed by atoms with Gasteiger partial charge in [-0.05, 0) is 37.3 Å². The Kier molecular flexibility index (Phi) is 2.06. The molecular weight excluding hydrogens is 196 g/mol. The number of aromatic nitrogens is 2. The first kappa shape index (κ1) is 9.88. The molecule has 84 valence electrons. The number of fused-ring (bicyclic) bond motifs is 1. The lowest BCUT2D eigenvalue weighted by Gasteiger charge is -2.06. The Morgan fingerprint density at radius 1 is 1.31 bits per heavy atom. The standard InChI is InChI=1S/C14H18N2/c1-9(2)11-4-7-13-10(3)15-16(12-5-6-12)14(13)8-11/h4,7-9,12H,5-6H2,1-3H3. The van der Waals surface area contributed by atoms with Crippen LogP contribution in [-0.2, 0) is 0 Å². The summed E-state index contributed by atoms with van der Waals surface area (Å²) in [6.45, 7) is 6.59. The minimum atomic E-state index is 0.590. The monoisotopic (exact) mass is 214 g/mol. The molecule has 2 heteroatoms. The van der Waals surface area contributed by atoms with Crippen LogP contribution in [0, 0.1) is 6.92 Å². The lowest BCUT2D eigenvalue weighted by Crippen LogP contribution is -1.96. The van der Waals surface area contributed by atoms with Crippen LogP contribution in [0.1, 0.15) is 49.9 Å². The first-order valence-corrected chi connectivity index (χ1v) is 6.15. The third kappa shape index (κ3) is 1.44. The Labute approximate surface area is 96.3 Å². The van der Waals surface area contributed by atoms with Crippen LogP contribution in [0.3, 0.4) is 0 Å². The summed E-state index contributed by atoms with van der Waals surface area (Å²) in [5, 5.41) is 5.98. The zero-order valence-electron chi connectivity index (χ0n) is 10.2. The molecule has 1 heterocycles. The fraction of sp³-hybridized carbons (Fsp3) is 0.500. The molecule has 0 N–H and O–H groups in total. The van der Waals surface area contributed by atoms with E-state index < -0.39 is 0 Å². The van der Waals surface area contributed by atoms with Crippen LogP contribution < -0.4 is 0 Å². The summed E-state index contributed by atoms with van der Waals surface area (Å²) in [6, 6.07) is 7.45. The molecule has 3 rings (SSSR count). The molecule has 0 aliphatic heterocycles. The molecule has 1 aliphatic carbocycles. The summed E-state index contributed by atoms with van der Waals surface area (Å²) in [6.07, 6.45) is 2.59. The second-order valence-electron chi connectivity index (χ2n) is 5.19. The van der Waals surface area contributed by atoms with Gasteiger partial charge in [0.25, 0.3) is 0 Å². The summed E-state index contributed by atoms with van der Waals surface area (Å²) in [4.78, 5) is 0. The number of nitrogens with zero attached hydrogens (tertiary/aromatic N) is 2. The molecule has 1 saturated carbocycles. The third-order valence-electron chi connectivity index (χ3n) is 3.48. The molecule has 0 amide bonds. The van der Waals surface area contributed by atoms with Crippen molar-refractivity contribution in [2.24, 2.45) is 0 Å². The summed E-state index contributed by atoms with van der Waals surface area (Å²) < 4.78 is 2.23. The SMILES string of the molecule is Cc1nn(C2CC2)c2cc(C(C)C)ccc12. The molecule has 1 aromatic heterocycles. The maximum absolute atomic E-state index is 4.67. The van der Waals surface area contributed by atoms with Gasteiger partial charge in [0, 0.05) is 5.39 Å². The van der Waals surface area contributed by atoms with Crippen LogP contribution in [-0.4, -0.2) is 9.78 Å². The molecule has 1 fully saturated rings. The third-order valence-corrected chi connectivity index (χ3v) is 3.48. The second-order valence-corrected chi connectivity index (χ2v) is 5.19. The Balaban J connectivity index is 2.22. The summed E-state index contributed by atoms with van der Waals surface area (Å²) in [7, 11) is 0. The Morgan fingerprint density at radius 2 is 2.06 bits per heavy atom. The van der Waals surface area contributed by atoms with E-state index in [1.807, 2.05) is 0 Å². The van der Waals surface area contributed by atoms with Gasteiger partial charge >= 0.3 is 0 Å². The van der Waals surface area contributed by atoms with Gasteiger partial charge in [0.2, 0.25) is 0 Å². The molecule has 16 heavy (non-hydrogen) atoms. The van der Waals surface area contributed by atoms with Crippen molar-refractivity contribution in [2.75, 3.05) is 0 Å². The predicted molar refractivity (Wildman–Crippen MR) is 66.8 cm³/mol. The minimum Gasteiger partial charge on any atom is -0.262 e. The molecule has 0 bridgehead atoms. The zero-order chi connectivity index (χ0) is 11.3. The van der Waals surface area contributed by atoms with Gasteiger partial charge < -0.3 is 0 Å². The van der Waals surface area contributed by atoms with Gasteiger partial charge in [-0.1, -0.05) is 26.0 Å². The highest BCUT2D eigenvalue weighted by molar-refractivity contribution is 5.82. The van der Waals surface area contributed by atoms with Gasteiger partial charge in [-0.25, -0.2) is 0 Å². The van der Waals surface area contributed by atoms with Gasteiger partial charge in [0.05, 0.1) is 17.3 Å². The number of hydrogen-bond donors (Lipinski definition) is 0. The van der Waals surface area contributed by atoms with Crippen molar-refractivity contribution >= 4 is 10.9 Å². The van der Waals surface area contributed by atoms with Crippen molar-refractivity contribution in [2.45, 2.75) is 45.6 Å². The van der Waals surface area contributed by atoms with Crippen molar-refractivity contribution < 1.29 is 0 Å². The summed E-state index contributed by atoms with van der Waals surface area (Å²) in [5.74, 6) is 0.590. The maximum Gasteiger partial charge on any atom is 0.0691 e. The lowest BCUT2D eigenvalue weighted by atomic mass is 10.0. The number of rotatable bonds is 2. The Hall–Kier alpha value is -1.31. The van der Waals surface area contributed by atoms with Crippen molar-refractivity contribution in [3.05, 3.63) is 29.5 Å². The molecule has 0 unspecified atom stereocenters. The van der Waals surface area contributed by atoms with E-state index in [2.05, 4.69) is 48.8 Å². The Bertz CT molecular complexity index is 533. The molecule has 0 spiro atoms.